The van der Waals surface area contributed by atoms with Crippen LogP contribution < -0.4 is 5.32 Å². The van der Waals surface area contributed by atoms with Crippen molar-refractivity contribution in [1.29, 1.82) is 0 Å². The molecule has 5 aliphatic heterocycles. The molecule has 5 saturated heterocycles. The Morgan fingerprint density at radius 1 is 0.457 bits per heavy atom. The quantitative estimate of drug-likeness (QED) is 0.0507. The summed E-state index contributed by atoms with van der Waals surface area (Å²) in [7, 11) is 0. The van der Waals surface area contributed by atoms with E-state index in [0.29, 0.717) is 0 Å². The number of nitrogens with one attached hydrogen (secondary N) is 1. The maximum atomic E-state index is 11.8. The average molecular weight is 1030 g/mol. The average Bonchev–Trinajstić information content (AvgIpc) is 3.34. The van der Waals surface area contributed by atoms with Gasteiger partial charge in [0.25, 0.3) is 0 Å². The van der Waals surface area contributed by atoms with E-state index >= 15 is 0 Å². The number of rotatable bonds is 21. The maximum absolute atomic E-state index is 11.8. The van der Waals surface area contributed by atoms with Crippen LogP contribution in [0, 0.1) is 0 Å². The Labute approximate surface area is 396 Å². The van der Waals surface area contributed by atoms with Gasteiger partial charge in [-0.15, -0.1) is 0 Å². The maximum Gasteiger partial charge on any atom is 0.217 e. The van der Waals surface area contributed by atoms with E-state index in [-0.39, 0.29) is 0 Å². The van der Waals surface area contributed by atoms with Gasteiger partial charge in [0.05, 0.1) is 52.3 Å². The third-order valence-corrected chi connectivity index (χ3v) is 12.5. The van der Waals surface area contributed by atoms with Gasteiger partial charge in [-0.3, -0.25) is 4.79 Å². The van der Waals surface area contributed by atoms with E-state index < -0.39 is 230 Å². The fourth-order valence-corrected chi connectivity index (χ4v) is 8.29. The summed E-state index contributed by atoms with van der Waals surface area (Å²) in [5.41, 5.74) is 0. The minimum atomic E-state index is -2.29. The van der Waals surface area contributed by atoms with Gasteiger partial charge in [-0.05, 0) is 0 Å². The molecule has 29 atom stereocenters. The van der Waals surface area contributed by atoms with Crippen LogP contribution in [0.1, 0.15) is 6.92 Å². The molecule has 0 spiro atoms. The largest absolute Gasteiger partial charge is 0.394 e. The number of carbonyl (C=O) groups excluding carboxylic acids is 1. The molecule has 70 heavy (non-hydrogen) atoms. The standard InChI is InChI=1S/C38H67NO31/c1-9(45)39-10(2-40)17(47)31(11(46)3-41)68-38-30(60)33(70-37-28(58)25(55)20(50)14(6-44)65-37)22(52)16(67-38)8-62-35-29(59)32(69-36-27(57)24(54)19(49)13(5-43)64-36)21(51)15(66-35)7-61-34-26(56)23(53)18(48)12(4-42)63-34/h10-38,40-44,46-60H,2-8H2,1H3,(H,39,45)/t10-,11+,12+,13+,14+,15+,16+,17+,18+,19+,20+,21+,22+,23-,24-,25-,26-,27-,28-,29-,30-,31+,32-,33-,34-,35-,36+,37+,38-/m0/s1. The second-order valence-corrected chi connectivity index (χ2v) is 17.3. The summed E-state index contributed by atoms with van der Waals surface area (Å²) in [5, 5.41) is 213. The van der Waals surface area contributed by atoms with E-state index in [4.69, 9.17) is 47.4 Å². The predicted molar refractivity (Wildman–Crippen MR) is 213 cm³/mol. The van der Waals surface area contributed by atoms with E-state index in [1.807, 2.05) is 0 Å². The molecule has 32 heteroatoms. The lowest BCUT2D eigenvalue weighted by Gasteiger charge is -2.48. The molecular weight excluding hydrogens is 966 g/mol. The minimum absolute atomic E-state index is 0.777. The molecule has 1 amide bonds. The minimum Gasteiger partial charge on any atom is -0.394 e. The zero-order chi connectivity index (χ0) is 52.0. The first-order valence-corrected chi connectivity index (χ1v) is 22.0. The summed E-state index contributed by atoms with van der Waals surface area (Å²) >= 11 is 0. The Hall–Kier alpha value is -1.73. The van der Waals surface area contributed by atoms with Gasteiger partial charge >= 0.3 is 0 Å². The molecular formula is C38H67NO31. The summed E-state index contributed by atoms with van der Waals surface area (Å²) in [6, 6.07) is -1.59. The van der Waals surface area contributed by atoms with Crippen molar-refractivity contribution < 1.29 is 154 Å². The number of aliphatic hydroxyl groups is 20. The summed E-state index contributed by atoms with van der Waals surface area (Å²) in [6.45, 7) is -5.76. The molecule has 5 aliphatic rings. The molecule has 5 rings (SSSR count). The number of hydrogen-bond donors (Lipinski definition) is 21. The summed E-state index contributed by atoms with van der Waals surface area (Å²) in [4.78, 5) is 11.8. The highest BCUT2D eigenvalue weighted by atomic mass is 16.8. The van der Waals surface area contributed by atoms with Crippen LogP contribution in [-0.2, 0) is 52.2 Å². The van der Waals surface area contributed by atoms with Crippen molar-refractivity contribution >= 4 is 5.91 Å². The van der Waals surface area contributed by atoms with Crippen LogP contribution in [0.4, 0.5) is 0 Å². The van der Waals surface area contributed by atoms with Gasteiger partial charge in [0, 0.05) is 6.92 Å². The summed E-state index contributed by atoms with van der Waals surface area (Å²) < 4.78 is 56.0. The fourth-order valence-electron chi connectivity index (χ4n) is 8.29. The lowest BCUT2D eigenvalue weighted by Crippen LogP contribution is -2.67. The van der Waals surface area contributed by atoms with E-state index in [1.54, 1.807) is 0 Å². The second-order valence-electron chi connectivity index (χ2n) is 17.3. The van der Waals surface area contributed by atoms with Crippen LogP contribution in [0.5, 0.6) is 0 Å². The van der Waals surface area contributed by atoms with Crippen molar-refractivity contribution in [1.82, 2.24) is 5.32 Å². The summed E-state index contributed by atoms with van der Waals surface area (Å²) in [6.07, 6.45) is -55.5. The summed E-state index contributed by atoms with van der Waals surface area (Å²) in [5.74, 6) is -0.777. The van der Waals surface area contributed by atoms with Crippen LogP contribution in [0.2, 0.25) is 0 Å². The molecule has 0 aromatic rings. The molecule has 5 heterocycles. The van der Waals surface area contributed by atoms with Crippen LogP contribution in [0.15, 0.2) is 0 Å². The molecule has 0 bridgehead atoms. The highest BCUT2D eigenvalue weighted by Gasteiger charge is 2.55. The molecule has 0 saturated carbocycles. The van der Waals surface area contributed by atoms with Crippen LogP contribution in [-0.4, -0.2) is 332 Å². The molecule has 0 aromatic carbocycles. The third-order valence-electron chi connectivity index (χ3n) is 12.5. The van der Waals surface area contributed by atoms with E-state index in [0.717, 1.165) is 6.92 Å². The van der Waals surface area contributed by atoms with Gasteiger partial charge in [0.15, 0.2) is 31.5 Å². The van der Waals surface area contributed by atoms with Gasteiger partial charge < -0.3 is 155 Å². The van der Waals surface area contributed by atoms with Crippen molar-refractivity contribution in [2.45, 2.75) is 185 Å². The van der Waals surface area contributed by atoms with Crippen molar-refractivity contribution in [2.75, 3.05) is 46.2 Å². The SMILES string of the molecule is CC(=O)N[C@@H](CO)[C@@H](O)[C@H](O[C@@H]1O[C@H](CO[C@H]2O[C@H](CO[C@H]3O[C@H](CO)[C@@H](O)[C@H](O)[C@@H]3O)[C@@H](O)[C@H](O[C@H]3O[C@H](CO)[C@@H](O)[C@H](O)[C@@H]3O)[C@@H]2O)[C@@H](O)[C@H](O[C@H]2O[C@H](CO)[C@@H](O)[C@H](O)[C@@H]2O)[C@@H]1O)[C@H](O)CO. The first-order valence-electron chi connectivity index (χ1n) is 22.0. The Kier molecular flexibility index (Phi) is 22.1. The highest BCUT2D eigenvalue weighted by Crippen LogP contribution is 2.34. The van der Waals surface area contributed by atoms with Gasteiger partial charge in [0.1, 0.15) is 140 Å². The number of aliphatic hydroxyl groups excluding tert-OH is 20. The third kappa shape index (κ3) is 13.2. The zero-order valence-corrected chi connectivity index (χ0v) is 37.1. The zero-order valence-electron chi connectivity index (χ0n) is 37.1. The Morgan fingerprint density at radius 3 is 1.20 bits per heavy atom. The van der Waals surface area contributed by atoms with Crippen LogP contribution in [0.3, 0.4) is 0 Å². The van der Waals surface area contributed by atoms with E-state index in [1.165, 1.54) is 0 Å². The van der Waals surface area contributed by atoms with Crippen LogP contribution in [0.25, 0.3) is 0 Å². The van der Waals surface area contributed by atoms with Gasteiger partial charge in [-0.2, -0.15) is 0 Å². The number of amides is 1. The molecule has 32 nitrogen and oxygen atoms in total. The first kappa shape index (κ1) is 59.2. The molecule has 21 N–H and O–H groups in total. The van der Waals surface area contributed by atoms with Crippen molar-refractivity contribution in [3.8, 4) is 0 Å². The topological polar surface area (TPSA) is 526 Å². The molecule has 410 valence electrons. The monoisotopic (exact) mass is 1030 g/mol. The Morgan fingerprint density at radius 2 is 0.814 bits per heavy atom. The Balaban J connectivity index is 1.45. The smallest absolute Gasteiger partial charge is 0.217 e. The van der Waals surface area contributed by atoms with Crippen molar-refractivity contribution in [3.05, 3.63) is 0 Å². The lowest BCUT2D eigenvalue weighted by molar-refractivity contribution is -0.381. The number of carbonyl (C=O) groups is 1. The highest BCUT2D eigenvalue weighted by molar-refractivity contribution is 5.73. The molecule has 0 radical (unpaired) electrons. The molecule has 0 unspecified atom stereocenters. The van der Waals surface area contributed by atoms with Gasteiger partial charge in [0.2, 0.25) is 5.91 Å². The molecule has 5 fully saturated rings. The second kappa shape index (κ2) is 26.2. The normalized spacial score (nSPS) is 46.7. The Bertz CT molecular complexity index is 1570. The van der Waals surface area contributed by atoms with Gasteiger partial charge in [-0.25, -0.2) is 0 Å². The van der Waals surface area contributed by atoms with Crippen molar-refractivity contribution in [3.63, 3.8) is 0 Å². The van der Waals surface area contributed by atoms with E-state index in [9.17, 15) is 107 Å². The van der Waals surface area contributed by atoms with Crippen molar-refractivity contribution in [2.24, 2.45) is 0 Å². The number of hydrogen-bond acceptors (Lipinski definition) is 31. The number of ether oxygens (including phenoxy) is 10. The van der Waals surface area contributed by atoms with Gasteiger partial charge in [-0.1, -0.05) is 0 Å². The van der Waals surface area contributed by atoms with Crippen LogP contribution >= 0.6 is 0 Å². The fraction of sp³-hybridized carbons (Fsp3) is 0.974. The van der Waals surface area contributed by atoms with E-state index in [2.05, 4.69) is 5.32 Å². The lowest BCUT2D eigenvalue weighted by atomic mass is 9.96. The molecule has 0 aliphatic carbocycles. The predicted octanol–water partition coefficient (Wildman–Crippen LogP) is -14.3. The first-order chi connectivity index (χ1) is 33.0. The molecule has 0 aromatic heterocycles.